The summed E-state index contributed by atoms with van der Waals surface area (Å²) in [6, 6.07) is 7.57. The zero-order chi connectivity index (χ0) is 12.5. The number of ether oxygens (including phenoxy) is 1. The van der Waals surface area contributed by atoms with Crippen LogP contribution >= 0.6 is 0 Å². The Bertz CT molecular complexity index is 484. The maximum absolute atomic E-state index is 11.8. The minimum atomic E-state index is -0.848. The SMILES string of the molecule is COc1ccccc1CC1(C)N=C(N)NC1=O. The number of aliphatic imine (C=N–C) groups is 1. The number of carbonyl (C=O) groups is 1. The molecule has 0 saturated heterocycles. The van der Waals surface area contributed by atoms with E-state index in [-0.39, 0.29) is 11.9 Å². The molecule has 0 bridgehead atoms. The van der Waals surface area contributed by atoms with Crippen molar-refractivity contribution >= 4 is 11.9 Å². The molecule has 1 aliphatic heterocycles. The summed E-state index contributed by atoms with van der Waals surface area (Å²) in [5.41, 5.74) is 5.60. The fourth-order valence-electron chi connectivity index (χ4n) is 1.94. The minimum absolute atomic E-state index is 0.174. The highest BCUT2D eigenvalue weighted by Gasteiger charge is 2.39. The van der Waals surface area contributed by atoms with Crippen LogP contribution in [0.2, 0.25) is 0 Å². The lowest BCUT2D eigenvalue weighted by Gasteiger charge is -2.18. The van der Waals surface area contributed by atoms with Crippen LogP contribution in [0.5, 0.6) is 5.75 Å². The molecule has 0 fully saturated rings. The van der Waals surface area contributed by atoms with Crippen molar-refractivity contribution < 1.29 is 9.53 Å². The number of methoxy groups -OCH3 is 1. The number of nitrogens with zero attached hydrogens (tertiary/aromatic N) is 1. The number of amides is 1. The first-order valence-corrected chi connectivity index (χ1v) is 5.34. The molecule has 2 rings (SSSR count). The van der Waals surface area contributed by atoms with Crippen LogP contribution in [0.1, 0.15) is 12.5 Å². The molecule has 0 aliphatic carbocycles. The van der Waals surface area contributed by atoms with Crippen LogP contribution in [0.3, 0.4) is 0 Å². The first-order chi connectivity index (χ1) is 8.05. The van der Waals surface area contributed by atoms with Gasteiger partial charge in [0, 0.05) is 6.42 Å². The lowest BCUT2D eigenvalue weighted by Crippen LogP contribution is -2.40. The van der Waals surface area contributed by atoms with Crippen LogP contribution in [0, 0.1) is 0 Å². The number of para-hydroxylation sites is 1. The van der Waals surface area contributed by atoms with Gasteiger partial charge < -0.3 is 10.5 Å². The number of carbonyl (C=O) groups excluding carboxylic acids is 1. The van der Waals surface area contributed by atoms with Crippen molar-refractivity contribution in [1.82, 2.24) is 5.32 Å². The summed E-state index contributed by atoms with van der Waals surface area (Å²) >= 11 is 0. The molecule has 5 nitrogen and oxygen atoms in total. The second-order valence-corrected chi connectivity index (χ2v) is 4.21. The summed E-state index contributed by atoms with van der Waals surface area (Å²) in [5, 5.41) is 2.51. The number of benzene rings is 1. The highest BCUT2D eigenvalue weighted by atomic mass is 16.5. The third-order valence-corrected chi connectivity index (χ3v) is 2.83. The Labute approximate surface area is 99.7 Å². The molecule has 1 amide bonds. The zero-order valence-corrected chi connectivity index (χ0v) is 9.86. The van der Waals surface area contributed by atoms with Gasteiger partial charge >= 0.3 is 0 Å². The van der Waals surface area contributed by atoms with E-state index in [0.717, 1.165) is 11.3 Å². The van der Waals surface area contributed by atoms with Crippen LogP contribution in [-0.2, 0) is 11.2 Å². The fraction of sp³-hybridized carbons (Fsp3) is 0.333. The average Bonchev–Trinajstić information content (AvgIpc) is 2.53. The van der Waals surface area contributed by atoms with Crippen molar-refractivity contribution in [2.24, 2.45) is 10.7 Å². The van der Waals surface area contributed by atoms with E-state index < -0.39 is 5.54 Å². The van der Waals surface area contributed by atoms with Crippen molar-refractivity contribution in [3.8, 4) is 5.75 Å². The lowest BCUT2D eigenvalue weighted by molar-refractivity contribution is -0.123. The second kappa shape index (κ2) is 4.08. The van der Waals surface area contributed by atoms with Gasteiger partial charge in [0.1, 0.15) is 11.3 Å². The standard InChI is InChI=1S/C12H15N3O2/c1-12(10(16)14-11(13)15-12)7-8-5-3-4-6-9(8)17-2/h3-6H,7H2,1-2H3,(H3,13,14,15,16). The fourth-order valence-corrected chi connectivity index (χ4v) is 1.94. The van der Waals surface area contributed by atoms with E-state index in [1.54, 1.807) is 14.0 Å². The van der Waals surface area contributed by atoms with E-state index in [0.29, 0.717) is 6.42 Å². The molecule has 3 N–H and O–H groups in total. The molecular weight excluding hydrogens is 218 g/mol. The van der Waals surface area contributed by atoms with Gasteiger partial charge in [0.15, 0.2) is 5.96 Å². The van der Waals surface area contributed by atoms with Crippen LogP contribution in [0.25, 0.3) is 0 Å². The minimum Gasteiger partial charge on any atom is -0.496 e. The Morgan fingerprint density at radius 2 is 2.18 bits per heavy atom. The van der Waals surface area contributed by atoms with Gasteiger partial charge in [-0.05, 0) is 18.6 Å². The molecule has 1 aromatic carbocycles. The summed E-state index contributed by atoms with van der Waals surface area (Å²) in [6.07, 6.45) is 0.462. The van der Waals surface area contributed by atoms with E-state index >= 15 is 0 Å². The van der Waals surface area contributed by atoms with Crippen LogP contribution in [0.15, 0.2) is 29.3 Å². The second-order valence-electron chi connectivity index (χ2n) is 4.21. The molecule has 1 heterocycles. The van der Waals surface area contributed by atoms with Crippen molar-refractivity contribution in [1.29, 1.82) is 0 Å². The summed E-state index contributed by atoms with van der Waals surface area (Å²) in [7, 11) is 1.60. The summed E-state index contributed by atoms with van der Waals surface area (Å²) in [6.45, 7) is 1.76. The van der Waals surface area contributed by atoms with E-state index in [1.165, 1.54) is 0 Å². The Balaban J connectivity index is 2.29. The van der Waals surface area contributed by atoms with E-state index in [4.69, 9.17) is 10.5 Å². The summed E-state index contributed by atoms with van der Waals surface area (Å²) in [5.74, 6) is 0.746. The van der Waals surface area contributed by atoms with E-state index in [2.05, 4.69) is 10.3 Å². The normalized spacial score (nSPS) is 23.2. The Kier molecular flexibility index (Phi) is 2.75. The largest absolute Gasteiger partial charge is 0.496 e. The molecule has 0 aromatic heterocycles. The number of guanidine groups is 1. The van der Waals surface area contributed by atoms with Gasteiger partial charge in [0.05, 0.1) is 7.11 Å². The van der Waals surface area contributed by atoms with Gasteiger partial charge in [-0.15, -0.1) is 0 Å². The van der Waals surface area contributed by atoms with Crippen molar-refractivity contribution in [2.45, 2.75) is 18.9 Å². The molecule has 1 atom stereocenters. The number of hydrogen-bond donors (Lipinski definition) is 2. The van der Waals surface area contributed by atoms with Gasteiger partial charge in [-0.25, -0.2) is 4.99 Å². The molecule has 17 heavy (non-hydrogen) atoms. The molecule has 1 unspecified atom stereocenters. The molecule has 5 heteroatoms. The number of rotatable bonds is 3. The Morgan fingerprint density at radius 3 is 2.76 bits per heavy atom. The van der Waals surface area contributed by atoms with Gasteiger partial charge in [0.2, 0.25) is 0 Å². The van der Waals surface area contributed by atoms with Gasteiger partial charge in [-0.1, -0.05) is 18.2 Å². The third-order valence-electron chi connectivity index (χ3n) is 2.83. The average molecular weight is 233 g/mol. The molecule has 0 spiro atoms. The predicted octanol–water partition coefficient (Wildman–Crippen LogP) is 0.441. The first-order valence-electron chi connectivity index (χ1n) is 5.34. The molecule has 1 aliphatic rings. The van der Waals surface area contributed by atoms with Crippen molar-refractivity contribution in [3.05, 3.63) is 29.8 Å². The summed E-state index contributed by atoms with van der Waals surface area (Å²) < 4.78 is 5.25. The quantitative estimate of drug-likeness (QED) is 0.795. The Morgan fingerprint density at radius 1 is 1.47 bits per heavy atom. The first kappa shape index (κ1) is 11.4. The monoisotopic (exact) mass is 233 g/mol. The molecule has 0 saturated carbocycles. The molecule has 90 valence electrons. The highest BCUT2D eigenvalue weighted by Crippen LogP contribution is 2.26. The number of nitrogens with one attached hydrogen (secondary N) is 1. The molecule has 1 aromatic rings. The third kappa shape index (κ3) is 2.08. The van der Waals surface area contributed by atoms with Crippen LogP contribution in [-0.4, -0.2) is 24.5 Å². The zero-order valence-electron chi connectivity index (χ0n) is 9.86. The highest BCUT2D eigenvalue weighted by molar-refractivity contribution is 6.06. The van der Waals surface area contributed by atoms with Crippen LogP contribution in [0.4, 0.5) is 0 Å². The van der Waals surface area contributed by atoms with Gasteiger partial charge in [-0.3, -0.25) is 10.1 Å². The van der Waals surface area contributed by atoms with Crippen molar-refractivity contribution in [3.63, 3.8) is 0 Å². The maximum Gasteiger partial charge on any atom is 0.254 e. The molecular formula is C12H15N3O2. The van der Waals surface area contributed by atoms with E-state index in [1.807, 2.05) is 24.3 Å². The van der Waals surface area contributed by atoms with Crippen LogP contribution < -0.4 is 15.8 Å². The topological polar surface area (TPSA) is 76.7 Å². The summed E-state index contributed by atoms with van der Waals surface area (Å²) in [4.78, 5) is 15.9. The number of hydrogen-bond acceptors (Lipinski definition) is 4. The number of nitrogens with two attached hydrogens (primary N) is 1. The predicted molar refractivity (Wildman–Crippen MR) is 64.9 cm³/mol. The van der Waals surface area contributed by atoms with E-state index in [9.17, 15) is 4.79 Å². The van der Waals surface area contributed by atoms with Crippen molar-refractivity contribution in [2.75, 3.05) is 7.11 Å². The lowest BCUT2D eigenvalue weighted by atomic mass is 9.93. The molecule has 0 radical (unpaired) electrons. The van der Waals surface area contributed by atoms with Gasteiger partial charge in [-0.2, -0.15) is 0 Å². The maximum atomic E-state index is 11.8. The Hall–Kier alpha value is -2.04. The smallest absolute Gasteiger partial charge is 0.254 e. The van der Waals surface area contributed by atoms with Gasteiger partial charge in [0.25, 0.3) is 5.91 Å².